The summed E-state index contributed by atoms with van der Waals surface area (Å²) in [4.78, 5) is 22.9. The zero-order valence-electron chi connectivity index (χ0n) is 15.2. The van der Waals surface area contributed by atoms with E-state index in [1.807, 2.05) is 30.3 Å². The number of benzene rings is 1. The maximum atomic E-state index is 11.5. The number of esters is 2. The lowest BCUT2D eigenvalue weighted by Crippen LogP contribution is -2.19. The van der Waals surface area contributed by atoms with Crippen LogP contribution in [0, 0.1) is 0 Å². The van der Waals surface area contributed by atoms with Gasteiger partial charge in [0.1, 0.15) is 13.2 Å². The fourth-order valence-corrected chi connectivity index (χ4v) is 2.30. The van der Waals surface area contributed by atoms with Gasteiger partial charge in [0.15, 0.2) is 0 Å². The summed E-state index contributed by atoms with van der Waals surface area (Å²) in [5, 5.41) is 0. The van der Waals surface area contributed by atoms with Crippen molar-refractivity contribution in [1.82, 2.24) is 0 Å². The molecule has 0 aromatic heterocycles. The molecule has 0 atom stereocenters. The maximum absolute atomic E-state index is 11.5. The second-order valence-electron chi connectivity index (χ2n) is 5.94. The fraction of sp³-hybridized carbons (Fsp3) is 0.600. The Morgan fingerprint density at radius 3 is 2.04 bits per heavy atom. The first-order valence-corrected chi connectivity index (χ1v) is 9.15. The monoisotopic (exact) mass is 350 g/mol. The molecule has 0 unspecified atom stereocenters. The molecule has 140 valence electrons. The molecule has 25 heavy (non-hydrogen) atoms. The molecule has 1 aromatic rings. The topological polar surface area (TPSA) is 61.8 Å². The van der Waals surface area contributed by atoms with Crippen LogP contribution in [0.3, 0.4) is 0 Å². The standard InChI is InChI=1S/C20H30O5/c1-2-3-4-5-9-14-24-19(21)16-23-17-20(22)25-15-10-13-18-11-7-6-8-12-18/h6-8,11-12H,2-5,9-10,13-17H2,1H3. The first-order chi connectivity index (χ1) is 12.2. The average molecular weight is 350 g/mol. The molecule has 0 spiro atoms. The minimum absolute atomic E-state index is 0.214. The van der Waals surface area contributed by atoms with Crippen molar-refractivity contribution >= 4 is 11.9 Å². The number of hydrogen-bond acceptors (Lipinski definition) is 5. The number of aryl methyl sites for hydroxylation is 1. The van der Waals surface area contributed by atoms with Crippen molar-refractivity contribution in [2.75, 3.05) is 26.4 Å². The molecule has 1 rings (SSSR count). The number of carbonyl (C=O) groups excluding carboxylic acids is 2. The summed E-state index contributed by atoms with van der Waals surface area (Å²) >= 11 is 0. The van der Waals surface area contributed by atoms with E-state index in [4.69, 9.17) is 14.2 Å². The highest BCUT2D eigenvalue weighted by Gasteiger charge is 2.07. The van der Waals surface area contributed by atoms with Crippen LogP contribution >= 0.6 is 0 Å². The number of hydrogen-bond donors (Lipinski definition) is 0. The van der Waals surface area contributed by atoms with Gasteiger partial charge < -0.3 is 14.2 Å². The predicted octanol–water partition coefficient (Wildman–Crippen LogP) is 3.69. The summed E-state index contributed by atoms with van der Waals surface area (Å²) in [5.74, 6) is -0.896. The van der Waals surface area contributed by atoms with Gasteiger partial charge in [0, 0.05) is 0 Å². The van der Waals surface area contributed by atoms with Gasteiger partial charge >= 0.3 is 11.9 Å². The Morgan fingerprint density at radius 2 is 1.40 bits per heavy atom. The normalized spacial score (nSPS) is 10.4. The van der Waals surface area contributed by atoms with E-state index in [0.29, 0.717) is 13.2 Å². The third-order valence-corrected chi connectivity index (χ3v) is 3.67. The number of rotatable bonds is 14. The van der Waals surface area contributed by atoms with Crippen molar-refractivity contribution in [1.29, 1.82) is 0 Å². The van der Waals surface area contributed by atoms with E-state index >= 15 is 0 Å². The second-order valence-corrected chi connectivity index (χ2v) is 5.94. The summed E-state index contributed by atoms with van der Waals surface area (Å²) in [6.45, 7) is 2.48. The predicted molar refractivity (Wildman–Crippen MR) is 96.3 cm³/mol. The van der Waals surface area contributed by atoms with Gasteiger partial charge in [0.05, 0.1) is 13.2 Å². The summed E-state index contributed by atoms with van der Waals surface area (Å²) in [6.07, 6.45) is 7.13. The largest absolute Gasteiger partial charge is 0.464 e. The quantitative estimate of drug-likeness (QED) is 0.378. The highest BCUT2D eigenvalue weighted by Crippen LogP contribution is 2.03. The number of ether oxygens (including phenoxy) is 3. The van der Waals surface area contributed by atoms with Crippen LogP contribution in [0.4, 0.5) is 0 Å². The highest BCUT2D eigenvalue weighted by molar-refractivity contribution is 5.73. The van der Waals surface area contributed by atoms with Gasteiger partial charge in [-0.15, -0.1) is 0 Å². The van der Waals surface area contributed by atoms with Gasteiger partial charge in [-0.05, 0) is 24.8 Å². The molecule has 0 amide bonds. The Kier molecular flexibility index (Phi) is 12.2. The Morgan fingerprint density at radius 1 is 0.800 bits per heavy atom. The molecule has 0 bridgehead atoms. The molecule has 0 saturated carbocycles. The van der Waals surface area contributed by atoms with Gasteiger partial charge in [0.2, 0.25) is 0 Å². The van der Waals surface area contributed by atoms with E-state index in [1.54, 1.807) is 0 Å². The third kappa shape index (κ3) is 12.2. The molecule has 0 aliphatic carbocycles. The molecule has 0 saturated heterocycles. The first-order valence-electron chi connectivity index (χ1n) is 9.15. The minimum Gasteiger partial charge on any atom is -0.464 e. The molecule has 0 fully saturated rings. The van der Waals surface area contributed by atoms with Gasteiger partial charge in [-0.3, -0.25) is 0 Å². The van der Waals surface area contributed by atoms with Gasteiger partial charge in [-0.2, -0.15) is 0 Å². The Balaban J connectivity index is 1.93. The van der Waals surface area contributed by atoms with E-state index in [0.717, 1.165) is 25.7 Å². The summed E-state index contributed by atoms with van der Waals surface area (Å²) in [5.41, 5.74) is 1.22. The van der Waals surface area contributed by atoms with Crippen molar-refractivity contribution in [3.63, 3.8) is 0 Å². The molecular weight excluding hydrogens is 320 g/mol. The van der Waals surface area contributed by atoms with E-state index in [-0.39, 0.29) is 13.2 Å². The molecule has 0 radical (unpaired) electrons. The third-order valence-electron chi connectivity index (χ3n) is 3.67. The van der Waals surface area contributed by atoms with Crippen LogP contribution in [0.5, 0.6) is 0 Å². The Hall–Kier alpha value is -1.88. The molecular formula is C20H30O5. The van der Waals surface area contributed by atoms with Crippen molar-refractivity contribution in [2.45, 2.75) is 51.9 Å². The van der Waals surface area contributed by atoms with E-state index in [9.17, 15) is 9.59 Å². The second kappa shape index (κ2) is 14.5. The van der Waals surface area contributed by atoms with Crippen LogP contribution in [0.2, 0.25) is 0 Å². The SMILES string of the molecule is CCCCCCCOC(=O)COCC(=O)OCCCc1ccccc1. The van der Waals surface area contributed by atoms with Gasteiger partial charge in [-0.25, -0.2) is 9.59 Å². The molecule has 0 N–H and O–H groups in total. The van der Waals surface area contributed by atoms with Crippen LogP contribution in [-0.4, -0.2) is 38.4 Å². The zero-order valence-corrected chi connectivity index (χ0v) is 15.2. The van der Waals surface area contributed by atoms with Crippen molar-refractivity contribution in [2.24, 2.45) is 0 Å². The molecule has 0 aliphatic rings. The molecule has 0 aliphatic heterocycles. The fourth-order valence-electron chi connectivity index (χ4n) is 2.30. The Bertz CT molecular complexity index is 472. The average Bonchev–Trinajstić information content (AvgIpc) is 2.62. The maximum Gasteiger partial charge on any atom is 0.332 e. The summed E-state index contributed by atoms with van der Waals surface area (Å²) in [6, 6.07) is 10.0. The molecule has 1 aromatic carbocycles. The smallest absolute Gasteiger partial charge is 0.332 e. The van der Waals surface area contributed by atoms with Gasteiger partial charge in [-0.1, -0.05) is 62.9 Å². The number of unbranched alkanes of at least 4 members (excludes halogenated alkanes) is 4. The molecule has 5 nitrogen and oxygen atoms in total. The lowest BCUT2D eigenvalue weighted by molar-refractivity contribution is -0.155. The summed E-state index contributed by atoms with van der Waals surface area (Å²) < 4.78 is 15.1. The number of carbonyl (C=O) groups is 2. The zero-order chi connectivity index (χ0) is 18.2. The van der Waals surface area contributed by atoms with Crippen molar-refractivity contribution < 1.29 is 23.8 Å². The first kappa shape index (κ1) is 21.2. The van der Waals surface area contributed by atoms with Crippen molar-refractivity contribution in [3.05, 3.63) is 35.9 Å². The van der Waals surface area contributed by atoms with Crippen LogP contribution in [0.15, 0.2) is 30.3 Å². The Labute approximate surface area is 150 Å². The lowest BCUT2D eigenvalue weighted by atomic mass is 10.1. The van der Waals surface area contributed by atoms with Crippen LogP contribution in [0.25, 0.3) is 0 Å². The van der Waals surface area contributed by atoms with Crippen LogP contribution in [0.1, 0.15) is 51.0 Å². The van der Waals surface area contributed by atoms with E-state index in [2.05, 4.69) is 6.92 Å². The van der Waals surface area contributed by atoms with Crippen LogP contribution in [-0.2, 0) is 30.2 Å². The molecule has 0 heterocycles. The van der Waals surface area contributed by atoms with Crippen molar-refractivity contribution in [3.8, 4) is 0 Å². The highest BCUT2D eigenvalue weighted by atomic mass is 16.6. The van der Waals surface area contributed by atoms with Gasteiger partial charge in [0.25, 0.3) is 0 Å². The lowest BCUT2D eigenvalue weighted by Gasteiger charge is -2.07. The molecule has 5 heteroatoms. The summed E-state index contributed by atoms with van der Waals surface area (Å²) in [7, 11) is 0. The van der Waals surface area contributed by atoms with E-state index in [1.165, 1.54) is 24.8 Å². The van der Waals surface area contributed by atoms with E-state index < -0.39 is 11.9 Å². The minimum atomic E-state index is -0.458. The van der Waals surface area contributed by atoms with Crippen LogP contribution < -0.4 is 0 Å².